The van der Waals surface area contributed by atoms with Crippen LogP contribution in [0.5, 0.6) is 11.5 Å². The zero-order chi connectivity index (χ0) is 19.9. The SMILES string of the molecule is COc1cc(OC)c2c(C(F)(F)C(F)(F)CC(F)(F)F)cc(=O)oc2c1. The largest absolute Gasteiger partial charge is 0.496 e. The average molecular weight is 388 g/mol. The molecule has 0 aliphatic carbocycles. The summed E-state index contributed by atoms with van der Waals surface area (Å²) in [6.07, 6.45) is -8.64. The van der Waals surface area contributed by atoms with Crippen molar-refractivity contribution in [3.63, 3.8) is 0 Å². The summed E-state index contributed by atoms with van der Waals surface area (Å²) in [5.74, 6) is -11.3. The second kappa shape index (κ2) is 6.36. The lowest BCUT2D eigenvalue weighted by Gasteiger charge is -2.28. The van der Waals surface area contributed by atoms with Gasteiger partial charge in [-0.3, -0.25) is 0 Å². The molecule has 2 rings (SSSR count). The molecule has 1 aromatic heterocycles. The van der Waals surface area contributed by atoms with Crippen molar-refractivity contribution in [2.24, 2.45) is 0 Å². The number of halogens is 7. The number of rotatable bonds is 5. The number of hydrogen-bond acceptors (Lipinski definition) is 4. The maximum atomic E-state index is 14.4. The van der Waals surface area contributed by atoms with Crippen LogP contribution in [0.25, 0.3) is 11.0 Å². The van der Waals surface area contributed by atoms with Gasteiger partial charge in [-0.1, -0.05) is 0 Å². The summed E-state index contributed by atoms with van der Waals surface area (Å²) in [5.41, 5.74) is -3.70. The van der Waals surface area contributed by atoms with Crippen molar-refractivity contribution in [1.29, 1.82) is 0 Å². The van der Waals surface area contributed by atoms with Gasteiger partial charge in [-0.15, -0.1) is 0 Å². The molecule has 1 aromatic carbocycles. The van der Waals surface area contributed by atoms with Crippen molar-refractivity contribution in [1.82, 2.24) is 0 Å². The molecule has 144 valence electrons. The lowest BCUT2D eigenvalue weighted by Crippen LogP contribution is -2.42. The summed E-state index contributed by atoms with van der Waals surface area (Å²) in [5, 5.41) is -0.764. The fraction of sp³-hybridized carbons (Fsp3) is 0.400. The number of ether oxygens (including phenoxy) is 2. The predicted octanol–water partition coefficient (Wildman–Crippen LogP) is 4.49. The van der Waals surface area contributed by atoms with Crippen molar-refractivity contribution >= 4 is 11.0 Å². The summed E-state index contributed by atoms with van der Waals surface area (Å²) >= 11 is 0. The van der Waals surface area contributed by atoms with Gasteiger partial charge < -0.3 is 13.9 Å². The molecule has 1 heterocycles. The smallest absolute Gasteiger partial charge is 0.395 e. The van der Waals surface area contributed by atoms with Gasteiger partial charge in [-0.05, 0) is 0 Å². The number of hydrogen-bond donors (Lipinski definition) is 0. The van der Waals surface area contributed by atoms with E-state index >= 15 is 0 Å². The molecule has 0 unspecified atom stereocenters. The van der Waals surface area contributed by atoms with E-state index in [9.17, 15) is 35.5 Å². The standard InChI is InChI=1S/C15H11F7O4/c1-24-7-3-9(25-2)12-8(5-11(23)26-10(12)4-7)15(21,22)13(16,17)6-14(18,19)20/h3-5H,6H2,1-2H3. The molecule has 0 aliphatic rings. The molecule has 11 heteroatoms. The van der Waals surface area contributed by atoms with Gasteiger partial charge in [0.2, 0.25) is 0 Å². The summed E-state index contributed by atoms with van der Waals surface area (Å²) in [6, 6.07) is 1.99. The normalized spacial score (nSPS) is 13.1. The Balaban J connectivity index is 2.81. The third kappa shape index (κ3) is 3.56. The van der Waals surface area contributed by atoms with E-state index in [1.165, 1.54) is 7.11 Å². The van der Waals surface area contributed by atoms with E-state index in [0.717, 1.165) is 19.2 Å². The molecule has 0 saturated carbocycles. The molecule has 0 radical (unpaired) electrons. The lowest BCUT2D eigenvalue weighted by atomic mass is 9.96. The van der Waals surface area contributed by atoms with Crippen LogP contribution in [0.1, 0.15) is 12.0 Å². The molecule has 0 aliphatic heterocycles. The van der Waals surface area contributed by atoms with Gasteiger partial charge in [-0.2, -0.15) is 30.7 Å². The molecule has 26 heavy (non-hydrogen) atoms. The number of alkyl halides is 7. The highest BCUT2D eigenvalue weighted by Gasteiger charge is 2.62. The minimum Gasteiger partial charge on any atom is -0.496 e. The molecule has 0 spiro atoms. The Bertz CT molecular complexity index is 871. The van der Waals surface area contributed by atoms with Crippen molar-refractivity contribution in [2.45, 2.75) is 24.4 Å². The molecule has 0 atom stereocenters. The first-order valence-corrected chi connectivity index (χ1v) is 6.85. The molecule has 2 aromatic rings. The van der Waals surface area contributed by atoms with Gasteiger partial charge in [-0.25, -0.2) is 4.79 Å². The molecule has 0 fully saturated rings. The van der Waals surface area contributed by atoms with Crippen molar-refractivity contribution < 1.29 is 44.6 Å². The van der Waals surface area contributed by atoms with Crippen LogP contribution < -0.4 is 15.1 Å². The van der Waals surface area contributed by atoms with Crippen molar-refractivity contribution in [3.8, 4) is 11.5 Å². The van der Waals surface area contributed by atoms with Crippen LogP contribution in [0.3, 0.4) is 0 Å². The maximum Gasteiger partial charge on any atom is 0.395 e. The highest BCUT2D eigenvalue weighted by atomic mass is 19.4. The van der Waals surface area contributed by atoms with Crippen molar-refractivity contribution in [3.05, 3.63) is 34.2 Å². The highest BCUT2D eigenvalue weighted by Crippen LogP contribution is 2.51. The Morgan fingerprint density at radius 1 is 0.962 bits per heavy atom. The quantitative estimate of drug-likeness (QED) is 0.560. The Morgan fingerprint density at radius 2 is 1.58 bits per heavy atom. The van der Waals surface area contributed by atoms with Gasteiger partial charge in [0, 0.05) is 23.8 Å². The minimum atomic E-state index is -5.56. The zero-order valence-electron chi connectivity index (χ0n) is 13.2. The van der Waals surface area contributed by atoms with Crippen molar-refractivity contribution in [2.75, 3.05) is 14.2 Å². The topological polar surface area (TPSA) is 48.7 Å². The Morgan fingerprint density at radius 3 is 2.08 bits per heavy atom. The van der Waals surface area contributed by atoms with Gasteiger partial charge in [0.15, 0.2) is 0 Å². The monoisotopic (exact) mass is 388 g/mol. The van der Waals surface area contributed by atoms with Crippen LogP contribution in [0.2, 0.25) is 0 Å². The van der Waals surface area contributed by atoms with E-state index < -0.39 is 52.3 Å². The predicted molar refractivity (Wildman–Crippen MR) is 75.1 cm³/mol. The van der Waals surface area contributed by atoms with E-state index in [1.54, 1.807) is 0 Å². The van der Waals surface area contributed by atoms with Gasteiger partial charge in [0.25, 0.3) is 0 Å². The van der Waals surface area contributed by atoms with E-state index in [-0.39, 0.29) is 11.8 Å². The summed E-state index contributed by atoms with van der Waals surface area (Å²) < 4.78 is 107. The summed E-state index contributed by atoms with van der Waals surface area (Å²) in [4.78, 5) is 11.5. The molecule has 0 N–H and O–H groups in total. The van der Waals surface area contributed by atoms with E-state index in [4.69, 9.17) is 9.47 Å². The van der Waals surface area contributed by atoms with Crippen LogP contribution in [0.4, 0.5) is 30.7 Å². The number of methoxy groups -OCH3 is 2. The first-order chi connectivity index (χ1) is 11.8. The highest BCUT2D eigenvalue weighted by molar-refractivity contribution is 5.89. The minimum absolute atomic E-state index is 0.0139. The van der Waals surface area contributed by atoms with Crippen LogP contribution in [-0.2, 0) is 5.92 Å². The third-order valence-electron chi connectivity index (χ3n) is 3.46. The molecule has 4 nitrogen and oxygen atoms in total. The molecular weight excluding hydrogens is 377 g/mol. The van der Waals surface area contributed by atoms with E-state index in [1.807, 2.05) is 0 Å². The molecule has 0 bridgehead atoms. The number of fused-ring (bicyclic) bond motifs is 1. The Hall–Kier alpha value is -2.46. The maximum absolute atomic E-state index is 14.4. The summed E-state index contributed by atoms with van der Waals surface area (Å²) in [7, 11) is 2.20. The Kier molecular flexibility index (Phi) is 4.86. The Labute approximate surface area is 141 Å². The van der Waals surface area contributed by atoms with Gasteiger partial charge in [0.1, 0.15) is 23.5 Å². The average Bonchev–Trinajstić information content (AvgIpc) is 2.50. The number of benzene rings is 1. The zero-order valence-corrected chi connectivity index (χ0v) is 13.2. The summed E-state index contributed by atoms with van der Waals surface area (Å²) in [6.45, 7) is 0. The lowest BCUT2D eigenvalue weighted by molar-refractivity contribution is -0.268. The second-order valence-corrected chi connectivity index (χ2v) is 5.25. The van der Waals surface area contributed by atoms with Gasteiger partial charge >= 0.3 is 23.6 Å². The second-order valence-electron chi connectivity index (χ2n) is 5.25. The fourth-order valence-electron chi connectivity index (χ4n) is 2.33. The van der Waals surface area contributed by atoms with E-state index in [2.05, 4.69) is 4.42 Å². The molecular formula is C15H11F7O4. The third-order valence-corrected chi connectivity index (χ3v) is 3.46. The van der Waals surface area contributed by atoms with Crippen LogP contribution in [0.15, 0.2) is 27.4 Å². The van der Waals surface area contributed by atoms with Gasteiger partial charge in [0.05, 0.1) is 19.6 Å². The van der Waals surface area contributed by atoms with E-state index in [0.29, 0.717) is 0 Å². The first-order valence-electron chi connectivity index (χ1n) is 6.85. The first kappa shape index (κ1) is 19.9. The van der Waals surface area contributed by atoms with Crippen LogP contribution in [-0.4, -0.2) is 26.3 Å². The molecule has 0 saturated heterocycles. The molecule has 0 amide bonds. The van der Waals surface area contributed by atoms with Crippen LogP contribution in [0, 0.1) is 0 Å². The van der Waals surface area contributed by atoms with Crippen LogP contribution >= 0.6 is 0 Å². The fourth-order valence-corrected chi connectivity index (χ4v) is 2.33.